The summed E-state index contributed by atoms with van der Waals surface area (Å²) < 4.78 is 28.6. The van der Waals surface area contributed by atoms with Gasteiger partial charge in [0.05, 0.1) is 10.9 Å². The summed E-state index contributed by atoms with van der Waals surface area (Å²) in [5, 5.41) is 10.3. The Hall–Kier alpha value is -1.15. The number of hydrogen-bond acceptors (Lipinski definition) is 4. The number of hydrogen-bond donors (Lipinski definition) is 1. The summed E-state index contributed by atoms with van der Waals surface area (Å²) in [5.74, 6) is -1.53. The van der Waals surface area contributed by atoms with E-state index in [1.54, 1.807) is 6.07 Å². The first-order chi connectivity index (χ1) is 10.9. The van der Waals surface area contributed by atoms with Gasteiger partial charge in [0, 0.05) is 22.2 Å². The van der Waals surface area contributed by atoms with Gasteiger partial charge in [0.15, 0.2) is 4.21 Å². The third-order valence-electron chi connectivity index (χ3n) is 4.81. The van der Waals surface area contributed by atoms with Crippen LogP contribution in [0, 0.1) is 5.92 Å². The smallest absolute Gasteiger partial charge is 0.308 e. The van der Waals surface area contributed by atoms with Crippen LogP contribution in [0.2, 0.25) is 5.02 Å². The van der Waals surface area contributed by atoms with Gasteiger partial charge < -0.3 is 5.11 Å². The van der Waals surface area contributed by atoms with E-state index in [2.05, 4.69) is 0 Å². The summed E-state index contributed by atoms with van der Waals surface area (Å²) in [6.45, 7) is 0. The molecule has 5 nitrogen and oxygen atoms in total. The van der Waals surface area contributed by atoms with E-state index >= 15 is 0 Å². The zero-order chi connectivity index (χ0) is 16.4. The number of sulfonamides is 1. The molecule has 0 aliphatic carbocycles. The fraction of sp³-hybridized carbons (Fsp3) is 0.400. The topological polar surface area (TPSA) is 74.7 Å². The first-order valence-electron chi connectivity index (χ1n) is 7.34. The van der Waals surface area contributed by atoms with Gasteiger partial charge in [0.25, 0.3) is 10.0 Å². The minimum atomic E-state index is -3.78. The first-order valence-corrected chi connectivity index (χ1v) is 9.98. The molecular weight excluding hydrogens is 358 g/mol. The lowest BCUT2D eigenvalue weighted by molar-refractivity contribution is -0.142. The molecule has 0 amide bonds. The number of benzene rings is 1. The molecule has 0 radical (unpaired) electrons. The molecule has 3 heterocycles. The lowest BCUT2D eigenvalue weighted by Gasteiger charge is -2.21. The van der Waals surface area contributed by atoms with Crippen molar-refractivity contribution in [1.29, 1.82) is 0 Å². The number of rotatable bonds is 3. The second-order valence-electron chi connectivity index (χ2n) is 6.01. The minimum Gasteiger partial charge on any atom is -0.481 e. The number of carboxylic acid groups (broad SMARTS) is 1. The normalized spacial score (nSPS) is 27.8. The van der Waals surface area contributed by atoms with Crippen LogP contribution in [0.3, 0.4) is 0 Å². The zero-order valence-corrected chi connectivity index (χ0v) is 14.4. The fourth-order valence-electron chi connectivity index (χ4n) is 3.83. The maximum atomic E-state index is 13.1. The number of nitrogens with zero attached hydrogens (tertiary/aromatic N) is 1. The SMILES string of the molecule is O=C(O)C1CC2CCC1N2S(=O)(=O)c1sc2ccccc2c1Cl. The van der Waals surface area contributed by atoms with Crippen molar-refractivity contribution in [2.24, 2.45) is 5.92 Å². The molecule has 2 aliphatic rings. The average molecular weight is 372 g/mol. The molecule has 23 heavy (non-hydrogen) atoms. The molecule has 1 aromatic carbocycles. The minimum absolute atomic E-state index is 0.128. The van der Waals surface area contributed by atoms with E-state index in [-0.39, 0.29) is 15.3 Å². The van der Waals surface area contributed by atoms with Crippen LogP contribution < -0.4 is 0 Å². The molecule has 2 bridgehead atoms. The zero-order valence-electron chi connectivity index (χ0n) is 12.0. The average Bonchev–Trinajstić information content (AvgIpc) is 3.19. The van der Waals surface area contributed by atoms with Crippen LogP contribution in [0.1, 0.15) is 19.3 Å². The van der Waals surface area contributed by atoms with Crippen molar-refractivity contribution in [3.8, 4) is 0 Å². The molecule has 2 fully saturated rings. The van der Waals surface area contributed by atoms with Gasteiger partial charge in [-0.1, -0.05) is 29.8 Å². The number of aliphatic carboxylic acids is 1. The standard InChI is InChI=1S/C15H14ClNO4S2/c16-13-9-3-1-2-4-12(9)22-15(13)23(20,21)17-8-5-6-11(17)10(7-8)14(18)19/h1-4,8,10-11H,5-7H2,(H,18,19). The maximum Gasteiger partial charge on any atom is 0.308 e. The third-order valence-corrected chi connectivity index (χ3v) is 9.07. The molecule has 4 rings (SSSR count). The van der Waals surface area contributed by atoms with Crippen molar-refractivity contribution in [3.05, 3.63) is 29.3 Å². The Labute approximate surface area is 142 Å². The van der Waals surface area contributed by atoms with Gasteiger partial charge in [-0.3, -0.25) is 4.79 Å². The van der Waals surface area contributed by atoms with Gasteiger partial charge in [0.1, 0.15) is 0 Å². The summed E-state index contributed by atoms with van der Waals surface area (Å²) in [6, 6.07) is 6.61. The first kappa shape index (κ1) is 15.4. The van der Waals surface area contributed by atoms with Crippen molar-refractivity contribution >= 4 is 49.0 Å². The van der Waals surface area contributed by atoms with E-state index in [1.165, 1.54) is 4.31 Å². The lowest BCUT2D eigenvalue weighted by Crippen LogP contribution is -2.37. The summed E-state index contributed by atoms with van der Waals surface area (Å²) in [4.78, 5) is 11.4. The largest absolute Gasteiger partial charge is 0.481 e. The van der Waals surface area contributed by atoms with Crippen LogP contribution in [0.4, 0.5) is 0 Å². The van der Waals surface area contributed by atoms with Crippen molar-refractivity contribution in [2.45, 2.75) is 35.6 Å². The third kappa shape index (κ3) is 2.14. The number of halogens is 1. The molecular formula is C15H14ClNO4S2. The molecule has 0 saturated carbocycles. The maximum absolute atomic E-state index is 13.1. The van der Waals surface area contributed by atoms with Crippen molar-refractivity contribution in [3.63, 3.8) is 0 Å². The predicted molar refractivity (Wildman–Crippen MR) is 88.4 cm³/mol. The molecule has 3 atom stereocenters. The molecule has 1 N–H and O–H groups in total. The van der Waals surface area contributed by atoms with Crippen LogP contribution in [-0.2, 0) is 14.8 Å². The van der Waals surface area contributed by atoms with Gasteiger partial charge >= 0.3 is 5.97 Å². The Morgan fingerprint density at radius 2 is 2.04 bits per heavy atom. The highest BCUT2D eigenvalue weighted by molar-refractivity contribution is 7.91. The van der Waals surface area contributed by atoms with E-state index in [1.807, 2.05) is 18.2 Å². The Balaban J connectivity index is 1.82. The number of fused-ring (bicyclic) bond motifs is 3. The van der Waals surface area contributed by atoms with E-state index < -0.39 is 28.0 Å². The molecule has 1 aromatic heterocycles. The van der Waals surface area contributed by atoms with Gasteiger partial charge in [-0.15, -0.1) is 11.3 Å². The molecule has 3 unspecified atom stereocenters. The summed E-state index contributed by atoms with van der Waals surface area (Å²) in [5.41, 5.74) is 0. The van der Waals surface area contributed by atoms with Crippen LogP contribution >= 0.6 is 22.9 Å². The van der Waals surface area contributed by atoms with Crippen molar-refractivity contribution < 1.29 is 18.3 Å². The van der Waals surface area contributed by atoms with Crippen LogP contribution in [-0.4, -0.2) is 35.9 Å². The van der Waals surface area contributed by atoms with E-state index in [0.717, 1.165) is 27.8 Å². The molecule has 0 spiro atoms. The number of carbonyl (C=O) groups is 1. The summed E-state index contributed by atoms with van der Waals surface area (Å²) in [7, 11) is -3.78. The molecule has 2 aromatic rings. The second kappa shape index (κ2) is 5.17. The van der Waals surface area contributed by atoms with Gasteiger partial charge in [-0.05, 0) is 25.3 Å². The van der Waals surface area contributed by atoms with E-state index in [0.29, 0.717) is 12.8 Å². The fourth-order valence-corrected chi connectivity index (χ4v) is 7.96. The lowest BCUT2D eigenvalue weighted by atomic mass is 9.89. The highest BCUT2D eigenvalue weighted by Gasteiger charge is 2.55. The van der Waals surface area contributed by atoms with Crippen LogP contribution in [0.5, 0.6) is 0 Å². The van der Waals surface area contributed by atoms with Gasteiger partial charge in [-0.2, -0.15) is 4.31 Å². The van der Waals surface area contributed by atoms with Crippen LogP contribution in [0.15, 0.2) is 28.5 Å². The Kier molecular flexibility index (Phi) is 3.46. The second-order valence-corrected chi connectivity index (χ2v) is 9.48. The predicted octanol–water partition coefficient (Wildman–Crippen LogP) is 3.18. The number of carboxylic acids is 1. The number of thiophene rings is 1. The van der Waals surface area contributed by atoms with Crippen molar-refractivity contribution in [2.75, 3.05) is 0 Å². The summed E-state index contributed by atoms with van der Waals surface area (Å²) in [6.07, 6.45) is 1.71. The van der Waals surface area contributed by atoms with Crippen molar-refractivity contribution in [1.82, 2.24) is 4.31 Å². The molecule has 2 aliphatic heterocycles. The Bertz CT molecular complexity index is 907. The highest BCUT2D eigenvalue weighted by Crippen LogP contribution is 2.48. The van der Waals surface area contributed by atoms with E-state index in [4.69, 9.17) is 11.6 Å². The molecule has 122 valence electrons. The van der Waals surface area contributed by atoms with Gasteiger partial charge in [0.2, 0.25) is 0 Å². The highest BCUT2D eigenvalue weighted by atomic mass is 35.5. The monoisotopic (exact) mass is 371 g/mol. The quantitative estimate of drug-likeness (QED) is 0.899. The summed E-state index contributed by atoms with van der Waals surface area (Å²) >= 11 is 7.47. The van der Waals surface area contributed by atoms with Gasteiger partial charge in [-0.25, -0.2) is 8.42 Å². The van der Waals surface area contributed by atoms with E-state index in [9.17, 15) is 18.3 Å². The molecule has 8 heteroatoms. The Morgan fingerprint density at radius 1 is 1.30 bits per heavy atom. The molecule has 2 saturated heterocycles. The van der Waals surface area contributed by atoms with Crippen LogP contribution in [0.25, 0.3) is 10.1 Å². The Morgan fingerprint density at radius 3 is 2.70 bits per heavy atom.